The van der Waals surface area contributed by atoms with E-state index in [0.717, 1.165) is 40.9 Å². The summed E-state index contributed by atoms with van der Waals surface area (Å²) in [5.41, 5.74) is 4.68. The molecule has 0 saturated heterocycles. The van der Waals surface area contributed by atoms with Crippen LogP contribution in [0.15, 0.2) is 72.8 Å². The number of aliphatic hydroxyl groups is 1. The van der Waals surface area contributed by atoms with Crippen molar-refractivity contribution in [2.45, 2.75) is 38.0 Å². The van der Waals surface area contributed by atoms with Crippen LogP contribution in [0.3, 0.4) is 0 Å². The molecule has 5 nitrogen and oxygen atoms in total. The number of fused-ring (bicyclic) bond motifs is 1. The van der Waals surface area contributed by atoms with Gasteiger partial charge >= 0.3 is 5.97 Å². The van der Waals surface area contributed by atoms with E-state index in [1.54, 1.807) is 12.1 Å². The summed E-state index contributed by atoms with van der Waals surface area (Å²) in [5.74, 6) is -0.918. The molecule has 154 valence electrons. The first-order chi connectivity index (χ1) is 14.5. The number of rotatable bonds is 7. The summed E-state index contributed by atoms with van der Waals surface area (Å²) in [6.07, 6.45) is 1.93. The fourth-order valence-corrected chi connectivity index (χ4v) is 4.16. The van der Waals surface area contributed by atoms with Gasteiger partial charge in [-0.25, -0.2) is 4.79 Å². The molecule has 2 atom stereocenters. The summed E-state index contributed by atoms with van der Waals surface area (Å²) >= 11 is 0. The lowest BCUT2D eigenvalue weighted by Crippen LogP contribution is -2.44. The van der Waals surface area contributed by atoms with Crippen molar-refractivity contribution in [1.29, 1.82) is 0 Å². The Morgan fingerprint density at radius 2 is 1.63 bits per heavy atom. The first-order valence-corrected chi connectivity index (χ1v) is 10.3. The molecule has 0 saturated carbocycles. The molecule has 0 bridgehead atoms. The van der Waals surface area contributed by atoms with E-state index >= 15 is 0 Å². The Morgan fingerprint density at radius 1 is 0.933 bits per heavy atom. The van der Waals surface area contributed by atoms with Gasteiger partial charge in [-0.3, -0.25) is 0 Å². The molecular weight excluding hydrogens is 376 g/mol. The van der Waals surface area contributed by atoms with Gasteiger partial charge in [0.1, 0.15) is 11.8 Å². The summed E-state index contributed by atoms with van der Waals surface area (Å²) < 4.78 is 0. The van der Waals surface area contributed by atoms with Crippen molar-refractivity contribution in [2.24, 2.45) is 0 Å². The first kappa shape index (κ1) is 20.0. The van der Waals surface area contributed by atoms with Crippen LogP contribution in [0.2, 0.25) is 0 Å². The van der Waals surface area contributed by atoms with Gasteiger partial charge in [-0.15, -0.1) is 0 Å². The average molecular weight is 402 g/mol. The number of benzene rings is 3. The third-order valence-corrected chi connectivity index (χ3v) is 5.61. The molecule has 4 N–H and O–H groups in total. The maximum absolute atomic E-state index is 11.1. The van der Waals surface area contributed by atoms with Crippen molar-refractivity contribution < 1.29 is 15.0 Å². The summed E-state index contributed by atoms with van der Waals surface area (Å²) in [4.78, 5) is 11.1. The molecule has 0 amide bonds. The molecule has 1 aliphatic heterocycles. The molecule has 1 aliphatic rings. The summed E-state index contributed by atoms with van der Waals surface area (Å²) in [6.45, 7) is 2.15. The molecule has 5 heteroatoms. The highest BCUT2D eigenvalue weighted by atomic mass is 16.4. The topological polar surface area (TPSA) is 81.6 Å². The number of carboxylic acid groups (broad SMARTS) is 1. The number of hydrogen-bond donors (Lipinski definition) is 4. The Balaban J connectivity index is 1.57. The van der Waals surface area contributed by atoms with Gasteiger partial charge < -0.3 is 20.8 Å². The zero-order valence-electron chi connectivity index (χ0n) is 16.9. The summed E-state index contributed by atoms with van der Waals surface area (Å²) in [6, 6.07) is 22.6. The lowest BCUT2D eigenvalue weighted by atomic mass is 9.95. The molecule has 3 aromatic carbocycles. The predicted molar refractivity (Wildman–Crippen MR) is 119 cm³/mol. The number of aromatic carboxylic acids is 1. The van der Waals surface area contributed by atoms with Crippen LogP contribution in [0, 0.1) is 0 Å². The third kappa shape index (κ3) is 4.02. The quantitative estimate of drug-likeness (QED) is 0.445. The van der Waals surface area contributed by atoms with Crippen LogP contribution in [0.5, 0.6) is 0 Å². The van der Waals surface area contributed by atoms with Gasteiger partial charge in [0.2, 0.25) is 0 Å². The van der Waals surface area contributed by atoms with E-state index in [9.17, 15) is 9.90 Å². The van der Waals surface area contributed by atoms with Crippen LogP contribution in [-0.2, 0) is 6.42 Å². The van der Waals surface area contributed by atoms with Gasteiger partial charge in [0.15, 0.2) is 0 Å². The van der Waals surface area contributed by atoms with Crippen LogP contribution >= 0.6 is 0 Å². The monoisotopic (exact) mass is 402 g/mol. The van der Waals surface area contributed by atoms with Crippen molar-refractivity contribution in [3.8, 4) is 0 Å². The Labute approximate surface area is 176 Å². The molecular formula is C25H26N2O3. The van der Waals surface area contributed by atoms with Crippen molar-refractivity contribution in [1.82, 2.24) is 0 Å². The molecule has 2 unspecified atom stereocenters. The SMILES string of the molecule is CCCC1(Cc2ccc(C(=O)O)cc2)Nc2ccc(C(O)c3ccccc3)cc2N1. The lowest BCUT2D eigenvalue weighted by molar-refractivity contribution is 0.0697. The molecule has 4 rings (SSSR count). The molecule has 3 aromatic rings. The zero-order valence-corrected chi connectivity index (χ0v) is 16.9. The number of aliphatic hydroxyl groups excluding tert-OH is 1. The summed E-state index contributed by atoms with van der Waals surface area (Å²) in [5, 5.41) is 27.2. The van der Waals surface area contributed by atoms with Gasteiger partial charge in [0, 0.05) is 6.42 Å². The largest absolute Gasteiger partial charge is 0.478 e. The lowest BCUT2D eigenvalue weighted by Gasteiger charge is -2.31. The minimum atomic E-state index is -0.918. The van der Waals surface area contributed by atoms with Gasteiger partial charge in [0.05, 0.1) is 16.9 Å². The number of hydrogen-bond acceptors (Lipinski definition) is 4. The van der Waals surface area contributed by atoms with E-state index in [0.29, 0.717) is 12.0 Å². The number of nitrogens with one attached hydrogen (secondary N) is 2. The highest BCUT2D eigenvalue weighted by Crippen LogP contribution is 2.40. The second kappa shape index (κ2) is 8.20. The Bertz CT molecular complexity index is 1030. The fourth-order valence-electron chi connectivity index (χ4n) is 4.16. The number of carbonyl (C=O) groups is 1. The van der Waals surface area contributed by atoms with Gasteiger partial charge in [-0.2, -0.15) is 0 Å². The van der Waals surface area contributed by atoms with E-state index in [-0.39, 0.29) is 5.66 Å². The van der Waals surface area contributed by atoms with Crippen LogP contribution in [0.25, 0.3) is 0 Å². The molecule has 30 heavy (non-hydrogen) atoms. The van der Waals surface area contributed by atoms with E-state index in [2.05, 4.69) is 17.6 Å². The first-order valence-electron chi connectivity index (χ1n) is 10.3. The van der Waals surface area contributed by atoms with E-state index in [1.165, 1.54) is 0 Å². The minimum Gasteiger partial charge on any atom is -0.478 e. The average Bonchev–Trinajstić information content (AvgIpc) is 3.11. The number of carboxylic acids is 1. The van der Waals surface area contributed by atoms with Gasteiger partial charge in [-0.1, -0.05) is 61.9 Å². The molecule has 0 spiro atoms. The smallest absolute Gasteiger partial charge is 0.335 e. The molecule has 0 fully saturated rings. The number of anilines is 2. The second-order valence-corrected chi connectivity index (χ2v) is 7.88. The minimum absolute atomic E-state index is 0.290. The normalized spacial score (nSPS) is 18.2. The Morgan fingerprint density at radius 3 is 2.30 bits per heavy atom. The van der Waals surface area contributed by atoms with Crippen molar-refractivity contribution in [3.63, 3.8) is 0 Å². The predicted octanol–water partition coefficient (Wildman–Crippen LogP) is 5.04. The van der Waals surface area contributed by atoms with Gasteiger partial charge in [-0.05, 0) is 47.4 Å². The standard InChI is InChI=1S/C25H26N2O3/c1-2-14-25(16-17-8-10-19(11-9-17)24(29)30)26-21-13-12-20(15-22(21)27-25)23(28)18-6-4-3-5-7-18/h3-13,15,23,26-28H,2,14,16H2,1H3,(H,29,30). The Kier molecular flexibility index (Phi) is 5.46. The third-order valence-electron chi connectivity index (χ3n) is 5.61. The zero-order chi connectivity index (χ0) is 21.1. The molecule has 0 radical (unpaired) electrons. The second-order valence-electron chi connectivity index (χ2n) is 7.88. The molecule has 0 aliphatic carbocycles. The van der Waals surface area contributed by atoms with Crippen LogP contribution in [0.1, 0.15) is 52.9 Å². The maximum atomic E-state index is 11.1. The molecule has 1 heterocycles. The maximum Gasteiger partial charge on any atom is 0.335 e. The van der Waals surface area contributed by atoms with Crippen molar-refractivity contribution >= 4 is 17.3 Å². The Hall–Kier alpha value is -3.31. The van der Waals surface area contributed by atoms with E-state index in [4.69, 9.17) is 5.11 Å². The van der Waals surface area contributed by atoms with Crippen molar-refractivity contribution in [3.05, 3.63) is 95.1 Å². The van der Waals surface area contributed by atoms with Crippen LogP contribution in [-0.4, -0.2) is 21.8 Å². The van der Waals surface area contributed by atoms with E-state index in [1.807, 2.05) is 60.7 Å². The summed E-state index contributed by atoms with van der Waals surface area (Å²) in [7, 11) is 0. The fraction of sp³-hybridized carbons (Fsp3) is 0.240. The highest BCUT2D eigenvalue weighted by molar-refractivity contribution is 5.87. The van der Waals surface area contributed by atoms with Crippen LogP contribution in [0.4, 0.5) is 11.4 Å². The van der Waals surface area contributed by atoms with Gasteiger partial charge in [0.25, 0.3) is 0 Å². The highest BCUT2D eigenvalue weighted by Gasteiger charge is 2.35. The van der Waals surface area contributed by atoms with E-state index < -0.39 is 12.1 Å². The van der Waals surface area contributed by atoms with Crippen LogP contribution < -0.4 is 10.6 Å². The van der Waals surface area contributed by atoms with Crippen molar-refractivity contribution in [2.75, 3.05) is 10.6 Å². The molecule has 0 aromatic heterocycles.